The van der Waals surface area contributed by atoms with Crippen molar-refractivity contribution in [2.24, 2.45) is 0 Å². The number of nitrogens with two attached hydrogens (primary N) is 1. The highest BCUT2D eigenvalue weighted by atomic mass is 32.2. The zero-order chi connectivity index (χ0) is 12.7. The third kappa shape index (κ3) is 4.65. The third-order valence-corrected chi connectivity index (χ3v) is 3.02. The van der Waals surface area contributed by atoms with Crippen LogP contribution in [0, 0.1) is 5.82 Å². The maximum Gasteiger partial charge on any atom is 0.251 e. The number of hydrogen-bond acceptors (Lipinski definition) is 3. The zero-order valence-electron chi connectivity index (χ0n) is 9.83. The molecule has 0 aliphatic heterocycles. The van der Waals surface area contributed by atoms with Crippen LogP contribution >= 0.6 is 11.8 Å². The fourth-order valence-corrected chi connectivity index (χ4v) is 1.84. The van der Waals surface area contributed by atoms with Gasteiger partial charge in [0.2, 0.25) is 0 Å². The van der Waals surface area contributed by atoms with Crippen molar-refractivity contribution in [3.05, 3.63) is 29.6 Å². The summed E-state index contributed by atoms with van der Waals surface area (Å²) in [7, 11) is 0. The summed E-state index contributed by atoms with van der Waals surface area (Å²) in [5.41, 5.74) is 5.70. The van der Waals surface area contributed by atoms with E-state index in [2.05, 4.69) is 11.6 Å². The number of hydrogen-bond donors (Lipinski definition) is 2. The predicted octanol–water partition coefficient (Wildman–Crippen LogP) is 2.28. The van der Waals surface area contributed by atoms with Crippen LogP contribution in [0.25, 0.3) is 0 Å². The fraction of sp³-hybridized carbons (Fsp3) is 0.417. The Labute approximate surface area is 105 Å². The Kier molecular flexibility index (Phi) is 5.83. The number of anilines is 1. The molecule has 0 spiro atoms. The van der Waals surface area contributed by atoms with E-state index in [-0.39, 0.29) is 11.6 Å². The van der Waals surface area contributed by atoms with E-state index in [0.717, 1.165) is 24.7 Å². The molecule has 0 fully saturated rings. The molecule has 0 atom stereocenters. The van der Waals surface area contributed by atoms with Crippen LogP contribution in [0.4, 0.5) is 10.1 Å². The molecule has 1 aromatic carbocycles. The lowest BCUT2D eigenvalue weighted by Crippen LogP contribution is -2.24. The Balaban J connectivity index is 2.39. The number of thioether (sulfide) groups is 1. The molecule has 0 saturated carbocycles. The predicted molar refractivity (Wildman–Crippen MR) is 70.8 cm³/mol. The lowest BCUT2D eigenvalue weighted by Gasteiger charge is -2.05. The van der Waals surface area contributed by atoms with Gasteiger partial charge in [-0.3, -0.25) is 4.79 Å². The van der Waals surface area contributed by atoms with Crippen LogP contribution in [0.15, 0.2) is 18.2 Å². The molecule has 0 aromatic heterocycles. The minimum atomic E-state index is -0.556. The zero-order valence-corrected chi connectivity index (χ0v) is 10.6. The van der Waals surface area contributed by atoms with Crippen molar-refractivity contribution in [1.82, 2.24) is 5.32 Å². The first-order valence-electron chi connectivity index (χ1n) is 5.47. The van der Waals surface area contributed by atoms with Gasteiger partial charge < -0.3 is 11.1 Å². The molecule has 1 amide bonds. The quantitative estimate of drug-likeness (QED) is 0.606. The molecule has 0 heterocycles. The van der Waals surface area contributed by atoms with Crippen molar-refractivity contribution in [1.29, 1.82) is 0 Å². The van der Waals surface area contributed by atoms with E-state index in [0.29, 0.717) is 12.1 Å². The SMILES string of the molecule is CSCCCCNC(=O)c1ccc(N)c(F)c1. The fourth-order valence-electron chi connectivity index (χ4n) is 1.34. The van der Waals surface area contributed by atoms with Gasteiger partial charge in [0, 0.05) is 12.1 Å². The number of carbonyl (C=O) groups is 1. The van der Waals surface area contributed by atoms with Gasteiger partial charge in [-0.1, -0.05) is 0 Å². The average Bonchev–Trinajstić information content (AvgIpc) is 2.32. The molecule has 1 rings (SSSR count). The normalized spacial score (nSPS) is 10.2. The molecule has 0 radical (unpaired) electrons. The van der Waals surface area contributed by atoms with Crippen molar-refractivity contribution in [2.75, 3.05) is 24.3 Å². The summed E-state index contributed by atoms with van der Waals surface area (Å²) in [6.45, 7) is 0.616. The molecule has 0 aliphatic carbocycles. The highest BCUT2D eigenvalue weighted by Crippen LogP contribution is 2.11. The van der Waals surface area contributed by atoms with Crippen LogP contribution in [0.2, 0.25) is 0 Å². The number of benzene rings is 1. The van der Waals surface area contributed by atoms with Gasteiger partial charge in [0.25, 0.3) is 5.91 Å². The highest BCUT2D eigenvalue weighted by molar-refractivity contribution is 7.98. The van der Waals surface area contributed by atoms with Gasteiger partial charge in [-0.25, -0.2) is 4.39 Å². The third-order valence-electron chi connectivity index (χ3n) is 2.32. The number of unbranched alkanes of at least 4 members (excludes halogenated alkanes) is 1. The molecule has 94 valence electrons. The van der Waals surface area contributed by atoms with Gasteiger partial charge in [0.1, 0.15) is 5.82 Å². The number of nitrogen functional groups attached to an aromatic ring is 1. The van der Waals surface area contributed by atoms with Gasteiger partial charge in [-0.05, 0) is 43.0 Å². The van der Waals surface area contributed by atoms with E-state index >= 15 is 0 Å². The Hall–Kier alpha value is -1.23. The van der Waals surface area contributed by atoms with Crippen molar-refractivity contribution in [2.45, 2.75) is 12.8 Å². The summed E-state index contributed by atoms with van der Waals surface area (Å²) in [4.78, 5) is 11.6. The molecule has 0 unspecified atom stereocenters. The van der Waals surface area contributed by atoms with E-state index in [1.165, 1.54) is 12.1 Å². The average molecular weight is 256 g/mol. The molecule has 3 N–H and O–H groups in total. The standard InChI is InChI=1S/C12H17FN2OS/c1-17-7-3-2-6-15-12(16)9-4-5-11(14)10(13)8-9/h4-5,8H,2-3,6-7,14H2,1H3,(H,15,16). The van der Waals surface area contributed by atoms with E-state index in [1.54, 1.807) is 11.8 Å². The first kappa shape index (κ1) is 13.8. The van der Waals surface area contributed by atoms with Gasteiger partial charge in [-0.15, -0.1) is 0 Å². The Bertz CT molecular complexity index is 385. The van der Waals surface area contributed by atoms with Crippen LogP contribution < -0.4 is 11.1 Å². The Morgan fingerprint density at radius 1 is 1.47 bits per heavy atom. The van der Waals surface area contributed by atoms with Crippen LogP contribution in [0.5, 0.6) is 0 Å². The molecular weight excluding hydrogens is 239 g/mol. The summed E-state index contributed by atoms with van der Waals surface area (Å²) in [6, 6.07) is 4.08. The van der Waals surface area contributed by atoms with Gasteiger partial charge in [0.05, 0.1) is 5.69 Å². The first-order valence-corrected chi connectivity index (χ1v) is 6.86. The summed E-state index contributed by atoms with van der Waals surface area (Å²) in [5.74, 6) is 0.278. The van der Waals surface area contributed by atoms with Gasteiger partial charge in [0.15, 0.2) is 0 Å². The van der Waals surface area contributed by atoms with E-state index in [4.69, 9.17) is 5.73 Å². The molecule has 0 saturated heterocycles. The van der Waals surface area contributed by atoms with Crippen molar-refractivity contribution >= 4 is 23.4 Å². The summed E-state index contributed by atoms with van der Waals surface area (Å²) >= 11 is 1.78. The number of halogens is 1. The lowest BCUT2D eigenvalue weighted by molar-refractivity contribution is 0.0953. The minimum absolute atomic E-state index is 0.0570. The van der Waals surface area contributed by atoms with Crippen molar-refractivity contribution in [3.63, 3.8) is 0 Å². The molecule has 1 aromatic rings. The van der Waals surface area contributed by atoms with E-state index in [1.807, 2.05) is 0 Å². The van der Waals surface area contributed by atoms with E-state index in [9.17, 15) is 9.18 Å². The van der Waals surface area contributed by atoms with Gasteiger partial charge >= 0.3 is 0 Å². The monoisotopic (exact) mass is 256 g/mol. The van der Waals surface area contributed by atoms with Crippen LogP contribution in [0.3, 0.4) is 0 Å². The van der Waals surface area contributed by atoms with Gasteiger partial charge in [-0.2, -0.15) is 11.8 Å². The van der Waals surface area contributed by atoms with Crippen LogP contribution in [-0.2, 0) is 0 Å². The number of amides is 1. The van der Waals surface area contributed by atoms with Crippen molar-refractivity contribution in [3.8, 4) is 0 Å². The van der Waals surface area contributed by atoms with Crippen LogP contribution in [-0.4, -0.2) is 24.5 Å². The molecular formula is C12H17FN2OS. The topological polar surface area (TPSA) is 55.1 Å². The number of carbonyl (C=O) groups excluding carboxylic acids is 1. The molecule has 17 heavy (non-hydrogen) atoms. The maximum absolute atomic E-state index is 13.1. The Morgan fingerprint density at radius 3 is 2.88 bits per heavy atom. The first-order chi connectivity index (χ1) is 8.15. The largest absolute Gasteiger partial charge is 0.396 e. The second-order valence-corrected chi connectivity index (χ2v) is 4.68. The minimum Gasteiger partial charge on any atom is -0.396 e. The summed E-state index contributed by atoms with van der Waals surface area (Å²) < 4.78 is 13.1. The summed E-state index contributed by atoms with van der Waals surface area (Å²) in [6.07, 6.45) is 4.05. The molecule has 3 nitrogen and oxygen atoms in total. The lowest BCUT2D eigenvalue weighted by atomic mass is 10.2. The number of rotatable bonds is 6. The Morgan fingerprint density at radius 2 is 2.24 bits per heavy atom. The molecule has 0 bridgehead atoms. The van der Waals surface area contributed by atoms with E-state index < -0.39 is 5.82 Å². The summed E-state index contributed by atoms with van der Waals surface area (Å²) in [5, 5.41) is 2.75. The number of nitrogens with one attached hydrogen (secondary N) is 1. The molecule has 0 aliphatic rings. The highest BCUT2D eigenvalue weighted by Gasteiger charge is 2.07. The smallest absolute Gasteiger partial charge is 0.251 e. The second-order valence-electron chi connectivity index (χ2n) is 3.69. The van der Waals surface area contributed by atoms with Crippen LogP contribution in [0.1, 0.15) is 23.2 Å². The second kappa shape index (κ2) is 7.17. The maximum atomic E-state index is 13.1. The van der Waals surface area contributed by atoms with Crippen molar-refractivity contribution < 1.29 is 9.18 Å². The molecule has 5 heteroatoms.